The highest BCUT2D eigenvalue weighted by Gasteiger charge is 2.15. The molecule has 0 aromatic heterocycles. The highest BCUT2D eigenvalue weighted by molar-refractivity contribution is 5.75. The topological polar surface area (TPSA) is 61.5 Å². The number of rotatable bonds is 8. The number of benzene rings is 1. The van der Waals surface area contributed by atoms with Crippen LogP contribution in [-0.2, 0) is 20.7 Å². The van der Waals surface area contributed by atoms with E-state index in [0.717, 1.165) is 12.0 Å². The molecule has 0 aliphatic heterocycles. The Balaban J connectivity index is 2.21. The van der Waals surface area contributed by atoms with Gasteiger partial charge in [0.05, 0.1) is 6.61 Å². The molecule has 0 saturated heterocycles. The number of esters is 1. The van der Waals surface area contributed by atoms with Gasteiger partial charge in [-0.15, -0.1) is 0 Å². The lowest BCUT2D eigenvalue weighted by Gasteiger charge is -2.11. The standard InChI is InChI=1S/C14H21NO3/c1-2-8-17-9-10-18-14(16)13(15)11-12-6-4-3-5-7-12/h3-7,13H,2,8-11,15H2,1H3. The van der Waals surface area contributed by atoms with Crippen LogP contribution in [0.2, 0.25) is 0 Å². The second kappa shape index (κ2) is 8.66. The Kier molecular flexibility index (Phi) is 7.06. The molecule has 2 N–H and O–H groups in total. The van der Waals surface area contributed by atoms with E-state index < -0.39 is 6.04 Å². The highest BCUT2D eigenvalue weighted by atomic mass is 16.6. The van der Waals surface area contributed by atoms with E-state index >= 15 is 0 Å². The Bertz CT molecular complexity index is 340. The predicted molar refractivity (Wildman–Crippen MR) is 70.2 cm³/mol. The normalized spacial score (nSPS) is 12.1. The van der Waals surface area contributed by atoms with Crippen molar-refractivity contribution in [1.82, 2.24) is 0 Å². The van der Waals surface area contributed by atoms with Gasteiger partial charge >= 0.3 is 5.97 Å². The molecular weight excluding hydrogens is 230 g/mol. The minimum absolute atomic E-state index is 0.265. The molecule has 0 saturated carbocycles. The van der Waals surface area contributed by atoms with E-state index in [9.17, 15) is 4.79 Å². The zero-order valence-electron chi connectivity index (χ0n) is 10.8. The van der Waals surface area contributed by atoms with Crippen molar-refractivity contribution in [2.75, 3.05) is 19.8 Å². The van der Waals surface area contributed by atoms with Gasteiger partial charge in [-0.25, -0.2) is 0 Å². The summed E-state index contributed by atoms with van der Waals surface area (Å²) in [4.78, 5) is 11.6. The molecule has 1 atom stereocenters. The summed E-state index contributed by atoms with van der Waals surface area (Å²) in [5.74, 6) is -0.376. The molecule has 4 nitrogen and oxygen atoms in total. The lowest BCUT2D eigenvalue weighted by Crippen LogP contribution is -2.35. The van der Waals surface area contributed by atoms with E-state index in [4.69, 9.17) is 15.2 Å². The van der Waals surface area contributed by atoms with Crippen LogP contribution < -0.4 is 5.73 Å². The number of hydrogen-bond donors (Lipinski definition) is 1. The van der Waals surface area contributed by atoms with Crippen molar-refractivity contribution in [2.24, 2.45) is 5.73 Å². The molecule has 0 aliphatic carbocycles. The Morgan fingerprint density at radius 3 is 2.61 bits per heavy atom. The molecule has 1 rings (SSSR count). The molecule has 0 fully saturated rings. The first-order valence-corrected chi connectivity index (χ1v) is 6.28. The predicted octanol–water partition coefficient (Wildman–Crippen LogP) is 1.53. The third-order valence-electron chi connectivity index (χ3n) is 2.42. The molecule has 18 heavy (non-hydrogen) atoms. The van der Waals surface area contributed by atoms with Crippen molar-refractivity contribution >= 4 is 5.97 Å². The zero-order chi connectivity index (χ0) is 13.2. The molecular formula is C14H21NO3. The van der Waals surface area contributed by atoms with Crippen LogP contribution in [0.1, 0.15) is 18.9 Å². The second-order valence-corrected chi connectivity index (χ2v) is 4.08. The van der Waals surface area contributed by atoms with Crippen LogP contribution in [0.5, 0.6) is 0 Å². The van der Waals surface area contributed by atoms with E-state index in [1.807, 2.05) is 37.3 Å². The van der Waals surface area contributed by atoms with E-state index in [2.05, 4.69) is 0 Å². The average molecular weight is 251 g/mol. The molecule has 1 aromatic carbocycles. The smallest absolute Gasteiger partial charge is 0.323 e. The van der Waals surface area contributed by atoms with Gasteiger partial charge in [0.25, 0.3) is 0 Å². The summed E-state index contributed by atoms with van der Waals surface area (Å²) in [5.41, 5.74) is 6.81. The maximum Gasteiger partial charge on any atom is 0.323 e. The summed E-state index contributed by atoms with van der Waals surface area (Å²) in [5, 5.41) is 0. The van der Waals surface area contributed by atoms with E-state index in [1.165, 1.54) is 0 Å². The van der Waals surface area contributed by atoms with Gasteiger partial charge in [0.1, 0.15) is 12.6 Å². The number of ether oxygens (including phenoxy) is 2. The van der Waals surface area contributed by atoms with Crippen LogP contribution in [0, 0.1) is 0 Å². The lowest BCUT2D eigenvalue weighted by molar-refractivity contribution is -0.146. The van der Waals surface area contributed by atoms with Gasteiger partial charge < -0.3 is 15.2 Å². The quantitative estimate of drug-likeness (QED) is 0.562. The van der Waals surface area contributed by atoms with Gasteiger partial charge in [-0.1, -0.05) is 37.3 Å². The summed E-state index contributed by atoms with van der Waals surface area (Å²) < 4.78 is 10.2. The molecule has 1 unspecified atom stereocenters. The maximum atomic E-state index is 11.6. The van der Waals surface area contributed by atoms with Crippen LogP contribution in [0.25, 0.3) is 0 Å². The molecule has 0 amide bonds. The number of carbonyl (C=O) groups excluding carboxylic acids is 1. The number of hydrogen-bond acceptors (Lipinski definition) is 4. The van der Waals surface area contributed by atoms with Crippen LogP contribution in [0.15, 0.2) is 30.3 Å². The van der Waals surface area contributed by atoms with Gasteiger partial charge in [0, 0.05) is 6.61 Å². The molecule has 0 heterocycles. The van der Waals surface area contributed by atoms with E-state index in [-0.39, 0.29) is 12.6 Å². The fraction of sp³-hybridized carbons (Fsp3) is 0.500. The molecule has 100 valence electrons. The highest BCUT2D eigenvalue weighted by Crippen LogP contribution is 2.02. The first kappa shape index (κ1) is 14.7. The van der Waals surface area contributed by atoms with Gasteiger partial charge in [0.15, 0.2) is 0 Å². The Morgan fingerprint density at radius 1 is 1.22 bits per heavy atom. The van der Waals surface area contributed by atoms with Gasteiger partial charge in [0.2, 0.25) is 0 Å². The maximum absolute atomic E-state index is 11.6. The van der Waals surface area contributed by atoms with Crippen molar-refractivity contribution < 1.29 is 14.3 Å². The monoisotopic (exact) mass is 251 g/mol. The molecule has 0 radical (unpaired) electrons. The third-order valence-corrected chi connectivity index (χ3v) is 2.42. The van der Waals surface area contributed by atoms with Crippen molar-refractivity contribution in [3.63, 3.8) is 0 Å². The van der Waals surface area contributed by atoms with Crippen LogP contribution >= 0.6 is 0 Å². The van der Waals surface area contributed by atoms with Gasteiger partial charge in [-0.05, 0) is 18.4 Å². The van der Waals surface area contributed by atoms with Crippen LogP contribution in [0.4, 0.5) is 0 Å². The molecule has 0 bridgehead atoms. The first-order valence-electron chi connectivity index (χ1n) is 6.28. The minimum atomic E-state index is -0.612. The summed E-state index contributed by atoms with van der Waals surface area (Å²) in [6, 6.07) is 9.05. The van der Waals surface area contributed by atoms with Crippen molar-refractivity contribution in [2.45, 2.75) is 25.8 Å². The van der Waals surface area contributed by atoms with Gasteiger partial charge in [-0.2, -0.15) is 0 Å². The van der Waals surface area contributed by atoms with Crippen molar-refractivity contribution in [3.8, 4) is 0 Å². The molecule has 4 heteroatoms. The SMILES string of the molecule is CCCOCCOC(=O)C(N)Cc1ccccc1. The van der Waals surface area contributed by atoms with Crippen molar-refractivity contribution in [3.05, 3.63) is 35.9 Å². The first-order chi connectivity index (χ1) is 8.74. The number of nitrogens with two attached hydrogens (primary N) is 1. The molecule has 1 aromatic rings. The Hall–Kier alpha value is -1.39. The fourth-order valence-corrected chi connectivity index (χ4v) is 1.51. The Labute approximate surface area is 108 Å². The third kappa shape index (κ3) is 5.80. The number of carbonyl (C=O) groups is 1. The minimum Gasteiger partial charge on any atom is -0.462 e. The van der Waals surface area contributed by atoms with Crippen molar-refractivity contribution in [1.29, 1.82) is 0 Å². The summed E-state index contributed by atoms with van der Waals surface area (Å²) in [6.45, 7) is 3.41. The fourth-order valence-electron chi connectivity index (χ4n) is 1.51. The van der Waals surface area contributed by atoms with E-state index in [1.54, 1.807) is 0 Å². The van der Waals surface area contributed by atoms with Crippen LogP contribution in [0.3, 0.4) is 0 Å². The summed E-state index contributed by atoms with van der Waals surface area (Å²) in [6.07, 6.45) is 1.46. The average Bonchev–Trinajstić information content (AvgIpc) is 2.39. The molecule has 0 spiro atoms. The van der Waals surface area contributed by atoms with Crippen LogP contribution in [-0.4, -0.2) is 31.8 Å². The lowest BCUT2D eigenvalue weighted by atomic mass is 10.1. The largest absolute Gasteiger partial charge is 0.462 e. The summed E-state index contributed by atoms with van der Waals surface area (Å²) >= 11 is 0. The zero-order valence-corrected chi connectivity index (χ0v) is 10.8. The van der Waals surface area contributed by atoms with Gasteiger partial charge in [-0.3, -0.25) is 4.79 Å². The van der Waals surface area contributed by atoms with E-state index in [0.29, 0.717) is 19.6 Å². The second-order valence-electron chi connectivity index (χ2n) is 4.08. The summed E-state index contributed by atoms with van der Waals surface area (Å²) in [7, 11) is 0. The Morgan fingerprint density at radius 2 is 1.94 bits per heavy atom. The molecule has 0 aliphatic rings.